The van der Waals surface area contributed by atoms with E-state index in [1.807, 2.05) is 30.3 Å². The second-order valence-electron chi connectivity index (χ2n) is 3.85. The highest BCUT2D eigenvalue weighted by molar-refractivity contribution is 5.83. The quantitative estimate of drug-likeness (QED) is 0.624. The van der Waals surface area contributed by atoms with E-state index in [9.17, 15) is 10.2 Å². The molecule has 0 aliphatic carbocycles. The van der Waals surface area contributed by atoms with Gasteiger partial charge in [0.25, 0.3) is 0 Å². The maximum absolute atomic E-state index is 9.44. The van der Waals surface area contributed by atoms with Crippen molar-refractivity contribution in [3.8, 4) is 22.8 Å². The van der Waals surface area contributed by atoms with Crippen LogP contribution in [0.15, 0.2) is 52.9 Å². The molecule has 0 aliphatic rings. The summed E-state index contributed by atoms with van der Waals surface area (Å²) in [6.07, 6.45) is 0. The van der Waals surface area contributed by atoms with Crippen LogP contribution < -0.4 is 0 Å². The lowest BCUT2D eigenvalue weighted by molar-refractivity contribution is 0.404. The number of phenolic OH excluding ortho intramolecular Hbond substituents is 2. The Bertz CT molecular complexity index is 650. The van der Waals surface area contributed by atoms with Crippen molar-refractivity contribution in [3.05, 3.63) is 48.5 Å². The van der Waals surface area contributed by atoms with Gasteiger partial charge in [0.2, 0.25) is 0 Å². The highest BCUT2D eigenvalue weighted by atomic mass is 16.3. The van der Waals surface area contributed by atoms with Gasteiger partial charge >= 0.3 is 0 Å². The number of benzene rings is 2. The molecule has 0 amide bonds. The third-order valence-electron chi connectivity index (χ3n) is 2.69. The maximum Gasteiger partial charge on any atom is 0.158 e. The van der Waals surface area contributed by atoms with E-state index in [2.05, 4.69) is 0 Å². The van der Waals surface area contributed by atoms with Crippen molar-refractivity contribution < 1.29 is 14.6 Å². The second kappa shape index (κ2) is 3.56. The van der Waals surface area contributed by atoms with Crippen LogP contribution in [0.3, 0.4) is 0 Å². The Kier molecular flexibility index (Phi) is 2.05. The standard InChI is InChI=1S/C14H10O3/c15-11-6-5-10(7-12(11)16)14-8-9-3-1-2-4-13(9)17-14/h1-8,15-16H. The zero-order chi connectivity index (χ0) is 11.8. The number of rotatable bonds is 1. The van der Waals surface area contributed by atoms with Crippen molar-refractivity contribution in [2.45, 2.75) is 0 Å². The lowest BCUT2D eigenvalue weighted by Crippen LogP contribution is -1.74. The Morgan fingerprint density at radius 1 is 0.824 bits per heavy atom. The summed E-state index contributed by atoms with van der Waals surface area (Å²) in [5.41, 5.74) is 1.53. The molecule has 0 fully saturated rings. The van der Waals surface area contributed by atoms with E-state index in [0.717, 1.165) is 16.5 Å². The van der Waals surface area contributed by atoms with Gasteiger partial charge in [-0.3, -0.25) is 0 Å². The first-order valence-electron chi connectivity index (χ1n) is 5.25. The van der Waals surface area contributed by atoms with E-state index in [-0.39, 0.29) is 11.5 Å². The van der Waals surface area contributed by atoms with Crippen molar-refractivity contribution in [1.29, 1.82) is 0 Å². The summed E-state index contributed by atoms with van der Waals surface area (Å²) in [6.45, 7) is 0. The molecule has 0 unspecified atom stereocenters. The molecular weight excluding hydrogens is 216 g/mol. The minimum absolute atomic E-state index is 0.134. The molecule has 0 spiro atoms. The van der Waals surface area contributed by atoms with Crippen LogP contribution in [0.1, 0.15) is 0 Å². The zero-order valence-corrected chi connectivity index (χ0v) is 8.92. The predicted octanol–water partition coefficient (Wildman–Crippen LogP) is 3.51. The van der Waals surface area contributed by atoms with Gasteiger partial charge in [0, 0.05) is 10.9 Å². The van der Waals surface area contributed by atoms with E-state index in [1.165, 1.54) is 12.1 Å². The normalized spacial score (nSPS) is 10.8. The highest BCUT2D eigenvalue weighted by Gasteiger charge is 2.08. The van der Waals surface area contributed by atoms with Crippen molar-refractivity contribution in [3.63, 3.8) is 0 Å². The largest absolute Gasteiger partial charge is 0.504 e. The number of fused-ring (bicyclic) bond motifs is 1. The van der Waals surface area contributed by atoms with Crippen LogP contribution in [0.2, 0.25) is 0 Å². The average molecular weight is 226 g/mol. The SMILES string of the molecule is Oc1ccc(-c2cc3ccccc3o2)cc1O. The average Bonchev–Trinajstić information content (AvgIpc) is 2.76. The molecular formula is C14H10O3. The Morgan fingerprint density at radius 2 is 1.65 bits per heavy atom. The van der Waals surface area contributed by atoms with Gasteiger partial charge in [-0.25, -0.2) is 0 Å². The monoisotopic (exact) mass is 226 g/mol. The minimum Gasteiger partial charge on any atom is -0.504 e. The fourth-order valence-electron chi connectivity index (χ4n) is 1.80. The third-order valence-corrected chi connectivity index (χ3v) is 2.69. The fourth-order valence-corrected chi connectivity index (χ4v) is 1.80. The van der Waals surface area contributed by atoms with E-state index in [0.29, 0.717) is 5.76 Å². The first-order valence-corrected chi connectivity index (χ1v) is 5.25. The van der Waals surface area contributed by atoms with Gasteiger partial charge in [-0.15, -0.1) is 0 Å². The molecule has 1 aromatic heterocycles. The molecule has 0 radical (unpaired) electrons. The van der Waals surface area contributed by atoms with Crippen LogP contribution in [-0.2, 0) is 0 Å². The van der Waals surface area contributed by atoms with Crippen LogP contribution in [-0.4, -0.2) is 10.2 Å². The number of hydrogen-bond acceptors (Lipinski definition) is 3. The van der Waals surface area contributed by atoms with Crippen molar-refractivity contribution in [2.24, 2.45) is 0 Å². The van der Waals surface area contributed by atoms with Gasteiger partial charge in [0.05, 0.1) is 0 Å². The topological polar surface area (TPSA) is 53.6 Å². The van der Waals surface area contributed by atoms with Crippen LogP contribution >= 0.6 is 0 Å². The molecule has 2 aromatic carbocycles. The maximum atomic E-state index is 9.44. The van der Waals surface area contributed by atoms with Gasteiger partial charge in [-0.1, -0.05) is 18.2 Å². The van der Waals surface area contributed by atoms with Crippen molar-refractivity contribution in [2.75, 3.05) is 0 Å². The molecule has 17 heavy (non-hydrogen) atoms. The first-order chi connectivity index (χ1) is 8.24. The highest BCUT2D eigenvalue weighted by Crippen LogP contribution is 2.33. The molecule has 1 heterocycles. The first kappa shape index (κ1) is 9.78. The molecule has 3 nitrogen and oxygen atoms in total. The predicted molar refractivity (Wildman–Crippen MR) is 65.0 cm³/mol. The van der Waals surface area contributed by atoms with E-state index in [1.54, 1.807) is 6.07 Å². The second-order valence-corrected chi connectivity index (χ2v) is 3.85. The summed E-state index contributed by atoms with van der Waals surface area (Å²) < 4.78 is 5.66. The van der Waals surface area contributed by atoms with Crippen LogP contribution in [0.5, 0.6) is 11.5 Å². The summed E-state index contributed by atoms with van der Waals surface area (Å²) in [5, 5.41) is 19.7. The third kappa shape index (κ3) is 1.61. The number of aromatic hydroxyl groups is 2. The van der Waals surface area contributed by atoms with Crippen LogP contribution in [0.4, 0.5) is 0 Å². The molecule has 0 saturated heterocycles. The molecule has 0 aliphatic heterocycles. The van der Waals surface area contributed by atoms with Gasteiger partial charge in [0.1, 0.15) is 11.3 Å². The summed E-state index contributed by atoms with van der Waals surface area (Å²) in [6, 6.07) is 14.2. The van der Waals surface area contributed by atoms with Gasteiger partial charge in [0.15, 0.2) is 11.5 Å². The van der Waals surface area contributed by atoms with Crippen molar-refractivity contribution >= 4 is 11.0 Å². The lowest BCUT2D eigenvalue weighted by Gasteiger charge is -1.99. The molecule has 3 aromatic rings. The van der Waals surface area contributed by atoms with E-state index >= 15 is 0 Å². The van der Waals surface area contributed by atoms with Crippen LogP contribution in [0, 0.1) is 0 Å². The number of phenols is 2. The Balaban J connectivity index is 2.17. The lowest BCUT2D eigenvalue weighted by atomic mass is 10.1. The van der Waals surface area contributed by atoms with E-state index in [4.69, 9.17) is 4.42 Å². The summed E-state index contributed by atoms with van der Waals surface area (Å²) >= 11 is 0. The smallest absolute Gasteiger partial charge is 0.158 e. The number of hydrogen-bond donors (Lipinski definition) is 2. The summed E-state index contributed by atoms with van der Waals surface area (Å²) in [5.74, 6) is 0.384. The summed E-state index contributed by atoms with van der Waals surface area (Å²) in [7, 11) is 0. The molecule has 0 saturated carbocycles. The van der Waals surface area contributed by atoms with Crippen LogP contribution in [0.25, 0.3) is 22.3 Å². The molecule has 0 atom stereocenters. The minimum atomic E-state index is -0.150. The Labute approximate surface area is 97.6 Å². The van der Waals surface area contributed by atoms with Gasteiger partial charge < -0.3 is 14.6 Å². The Morgan fingerprint density at radius 3 is 2.41 bits per heavy atom. The molecule has 3 rings (SSSR count). The summed E-state index contributed by atoms with van der Waals surface area (Å²) in [4.78, 5) is 0. The van der Waals surface area contributed by atoms with Gasteiger partial charge in [-0.05, 0) is 30.3 Å². The van der Waals surface area contributed by atoms with Crippen molar-refractivity contribution in [1.82, 2.24) is 0 Å². The number of para-hydroxylation sites is 1. The molecule has 0 bridgehead atoms. The van der Waals surface area contributed by atoms with E-state index < -0.39 is 0 Å². The molecule has 2 N–H and O–H groups in total. The zero-order valence-electron chi connectivity index (χ0n) is 8.92. The van der Waals surface area contributed by atoms with Gasteiger partial charge in [-0.2, -0.15) is 0 Å². The molecule has 3 heteroatoms. The molecule has 84 valence electrons. The number of furan rings is 1. The fraction of sp³-hybridized carbons (Fsp3) is 0. The Hall–Kier alpha value is -2.42.